The van der Waals surface area contributed by atoms with Crippen LogP contribution >= 0.6 is 0 Å². The molecule has 0 aliphatic heterocycles. The second-order valence-corrected chi connectivity index (χ2v) is 6.87. The molecular formula is C14H26N2. The third kappa shape index (κ3) is 3.79. The predicted molar refractivity (Wildman–Crippen MR) is 68.0 cm³/mol. The van der Waals surface area contributed by atoms with Crippen molar-refractivity contribution < 1.29 is 0 Å². The smallest absolute Gasteiger partial charge is 0.0952 e. The predicted octanol–water partition coefficient (Wildman–Crippen LogP) is 3.48. The van der Waals surface area contributed by atoms with Gasteiger partial charge < -0.3 is 0 Å². The summed E-state index contributed by atoms with van der Waals surface area (Å²) in [6.45, 7) is 11.4. The van der Waals surface area contributed by atoms with E-state index >= 15 is 0 Å². The van der Waals surface area contributed by atoms with Crippen LogP contribution in [0.2, 0.25) is 0 Å². The summed E-state index contributed by atoms with van der Waals surface area (Å²) in [5.41, 5.74) is 0.792. The highest BCUT2D eigenvalue weighted by molar-refractivity contribution is 4.97. The molecule has 0 aromatic rings. The molecule has 1 saturated carbocycles. The van der Waals surface area contributed by atoms with E-state index in [2.05, 4.69) is 46.0 Å². The number of hydrogen-bond donors (Lipinski definition) is 1. The maximum absolute atomic E-state index is 9.00. The molecule has 0 aromatic carbocycles. The van der Waals surface area contributed by atoms with Gasteiger partial charge >= 0.3 is 0 Å². The third-order valence-corrected chi connectivity index (χ3v) is 3.56. The van der Waals surface area contributed by atoms with Crippen molar-refractivity contribution in [3.05, 3.63) is 0 Å². The van der Waals surface area contributed by atoms with Crippen LogP contribution in [0.15, 0.2) is 0 Å². The van der Waals surface area contributed by atoms with Gasteiger partial charge in [-0.15, -0.1) is 0 Å². The Morgan fingerprint density at radius 1 is 1.25 bits per heavy atom. The van der Waals surface area contributed by atoms with Crippen molar-refractivity contribution in [1.82, 2.24) is 5.32 Å². The van der Waals surface area contributed by atoms with Gasteiger partial charge in [-0.1, -0.05) is 34.6 Å². The number of rotatable bonds is 3. The Bertz CT molecular complexity index is 257. The topological polar surface area (TPSA) is 35.8 Å². The molecular weight excluding hydrogens is 196 g/mol. The van der Waals surface area contributed by atoms with Gasteiger partial charge in [-0.2, -0.15) is 5.26 Å². The van der Waals surface area contributed by atoms with Crippen LogP contribution in [-0.2, 0) is 0 Å². The fourth-order valence-electron chi connectivity index (χ4n) is 3.49. The standard InChI is InChI=1S/C14H26N2/c1-6-11(9-15)16-12-7-13(2,3)10-14(4,5)8-12/h11-12,16H,6-8,10H2,1-5H3. The maximum atomic E-state index is 9.00. The minimum absolute atomic E-state index is 0.0229. The summed E-state index contributed by atoms with van der Waals surface area (Å²) in [5.74, 6) is 0. The molecule has 16 heavy (non-hydrogen) atoms. The van der Waals surface area contributed by atoms with Crippen LogP contribution in [0.25, 0.3) is 0 Å². The van der Waals surface area contributed by atoms with E-state index in [-0.39, 0.29) is 6.04 Å². The maximum Gasteiger partial charge on any atom is 0.0952 e. The summed E-state index contributed by atoms with van der Waals surface area (Å²) in [5, 5.41) is 12.5. The Balaban J connectivity index is 2.65. The Morgan fingerprint density at radius 2 is 1.75 bits per heavy atom. The van der Waals surface area contributed by atoms with Gasteiger partial charge in [0.1, 0.15) is 0 Å². The molecule has 0 radical (unpaired) electrons. The second-order valence-electron chi connectivity index (χ2n) is 6.87. The molecule has 1 N–H and O–H groups in total. The van der Waals surface area contributed by atoms with E-state index in [1.165, 1.54) is 19.3 Å². The molecule has 1 fully saturated rings. The van der Waals surface area contributed by atoms with Gasteiger partial charge in [-0.3, -0.25) is 5.32 Å². The van der Waals surface area contributed by atoms with Gasteiger partial charge in [0.2, 0.25) is 0 Å². The largest absolute Gasteiger partial charge is 0.299 e. The van der Waals surface area contributed by atoms with Crippen LogP contribution in [-0.4, -0.2) is 12.1 Å². The van der Waals surface area contributed by atoms with Crippen molar-refractivity contribution in [2.24, 2.45) is 10.8 Å². The SMILES string of the molecule is CCC(C#N)NC1CC(C)(C)CC(C)(C)C1. The highest BCUT2D eigenvalue weighted by atomic mass is 15.0. The summed E-state index contributed by atoms with van der Waals surface area (Å²) < 4.78 is 0. The molecule has 1 atom stereocenters. The van der Waals surface area contributed by atoms with Gasteiger partial charge in [-0.25, -0.2) is 0 Å². The molecule has 1 aliphatic carbocycles. The molecule has 92 valence electrons. The summed E-state index contributed by atoms with van der Waals surface area (Å²) in [4.78, 5) is 0. The minimum Gasteiger partial charge on any atom is -0.299 e. The summed E-state index contributed by atoms with van der Waals surface area (Å²) >= 11 is 0. The lowest BCUT2D eigenvalue weighted by Crippen LogP contribution is -2.47. The molecule has 0 amide bonds. The molecule has 2 heteroatoms. The van der Waals surface area contributed by atoms with Gasteiger partial charge in [-0.05, 0) is 36.5 Å². The third-order valence-electron chi connectivity index (χ3n) is 3.56. The average molecular weight is 222 g/mol. The van der Waals surface area contributed by atoms with Gasteiger partial charge in [0.05, 0.1) is 12.1 Å². The number of nitrogens with zero attached hydrogens (tertiary/aromatic N) is 1. The monoisotopic (exact) mass is 222 g/mol. The first-order valence-corrected chi connectivity index (χ1v) is 6.44. The van der Waals surface area contributed by atoms with E-state index < -0.39 is 0 Å². The van der Waals surface area contributed by atoms with Crippen LogP contribution in [0.3, 0.4) is 0 Å². The fraction of sp³-hybridized carbons (Fsp3) is 0.929. The normalized spacial score (nSPS) is 26.0. The van der Waals surface area contributed by atoms with Gasteiger partial charge in [0.25, 0.3) is 0 Å². The molecule has 0 bridgehead atoms. The molecule has 1 aliphatic rings. The van der Waals surface area contributed by atoms with Crippen LogP contribution in [0.5, 0.6) is 0 Å². The summed E-state index contributed by atoms with van der Waals surface area (Å²) in [6.07, 6.45) is 4.55. The average Bonchev–Trinajstić information content (AvgIpc) is 2.09. The van der Waals surface area contributed by atoms with Gasteiger partial charge in [0, 0.05) is 6.04 Å². The van der Waals surface area contributed by atoms with Crippen molar-refractivity contribution in [3.63, 3.8) is 0 Å². The molecule has 0 saturated heterocycles. The first-order valence-electron chi connectivity index (χ1n) is 6.44. The van der Waals surface area contributed by atoms with E-state index in [0.29, 0.717) is 16.9 Å². The zero-order valence-electron chi connectivity index (χ0n) is 11.4. The molecule has 0 spiro atoms. The lowest BCUT2D eigenvalue weighted by molar-refractivity contribution is 0.0826. The molecule has 1 rings (SSSR count). The quantitative estimate of drug-likeness (QED) is 0.793. The van der Waals surface area contributed by atoms with E-state index in [0.717, 1.165) is 6.42 Å². The highest BCUT2D eigenvalue weighted by Crippen LogP contribution is 2.45. The summed E-state index contributed by atoms with van der Waals surface area (Å²) in [6, 6.07) is 2.87. The van der Waals surface area contributed by atoms with E-state index in [4.69, 9.17) is 5.26 Å². The summed E-state index contributed by atoms with van der Waals surface area (Å²) in [7, 11) is 0. The van der Waals surface area contributed by atoms with E-state index in [1.807, 2.05) is 0 Å². The second kappa shape index (κ2) is 4.75. The van der Waals surface area contributed by atoms with Crippen LogP contribution in [0, 0.1) is 22.2 Å². The van der Waals surface area contributed by atoms with Crippen molar-refractivity contribution in [1.29, 1.82) is 5.26 Å². The minimum atomic E-state index is 0.0229. The molecule has 1 unspecified atom stereocenters. The van der Waals surface area contributed by atoms with Crippen LogP contribution in [0.4, 0.5) is 0 Å². The van der Waals surface area contributed by atoms with Crippen molar-refractivity contribution in [2.45, 2.75) is 72.4 Å². The highest BCUT2D eigenvalue weighted by Gasteiger charge is 2.38. The number of hydrogen-bond acceptors (Lipinski definition) is 2. The molecule has 0 heterocycles. The van der Waals surface area contributed by atoms with Crippen molar-refractivity contribution >= 4 is 0 Å². The molecule has 0 aromatic heterocycles. The van der Waals surface area contributed by atoms with E-state index in [1.54, 1.807) is 0 Å². The lowest BCUT2D eigenvalue weighted by Gasteiger charge is -2.45. The van der Waals surface area contributed by atoms with Crippen molar-refractivity contribution in [2.75, 3.05) is 0 Å². The Kier molecular flexibility index (Phi) is 4.02. The van der Waals surface area contributed by atoms with Crippen molar-refractivity contribution in [3.8, 4) is 6.07 Å². The van der Waals surface area contributed by atoms with Gasteiger partial charge in [0.15, 0.2) is 0 Å². The first kappa shape index (κ1) is 13.5. The zero-order chi connectivity index (χ0) is 12.4. The zero-order valence-corrected chi connectivity index (χ0v) is 11.4. The number of nitriles is 1. The first-order chi connectivity index (χ1) is 7.28. The number of nitrogens with one attached hydrogen (secondary N) is 1. The Hall–Kier alpha value is -0.550. The van der Waals surface area contributed by atoms with Crippen LogP contribution < -0.4 is 5.32 Å². The Morgan fingerprint density at radius 3 is 2.12 bits per heavy atom. The fourth-order valence-corrected chi connectivity index (χ4v) is 3.49. The Labute approximate surface area is 100 Å². The van der Waals surface area contributed by atoms with Crippen LogP contribution in [0.1, 0.15) is 60.3 Å². The molecule has 2 nitrogen and oxygen atoms in total. The van der Waals surface area contributed by atoms with E-state index in [9.17, 15) is 0 Å². The lowest BCUT2D eigenvalue weighted by atomic mass is 9.63.